The first kappa shape index (κ1) is 17.5. The van der Waals surface area contributed by atoms with Gasteiger partial charge in [0.2, 0.25) is 10.0 Å². The van der Waals surface area contributed by atoms with Crippen molar-refractivity contribution in [2.75, 3.05) is 0 Å². The molecule has 0 radical (unpaired) electrons. The Bertz CT molecular complexity index is 826. The number of nitrogens with one attached hydrogen (secondary N) is 1. The standard InChI is InChI=1S/C16H18ClNO4S2/c17-15-7-8-16(23-15)24(21,22)18-11-3-1-10(2-4-11)13-6-5-12(19)9-14(13)20/h5-11,18-20H,1-4H2. The molecule has 0 spiro atoms. The van der Waals surface area contributed by atoms with Crippen LogP contribution in [0.2, 0.25) is 4.34 Å². The zero-order chi connectivity index (χ0) is 17.3. The predicted molar refractivity (Wildman–Crippen MR) is 94.4 cm³/mol. The Morgan fingerprint density at radius 2 is 1.79 bits per heavy atom. The Balaban J connectivity index is 1.63. The third kappa shape index (κ3) is 3.85. The second kappa shape index (κ2) is 6.92. The van der Waals surface area contributed by atoms with Gasteiger partial charge in [-0.1, -0.05) is 17.7 Å². The number of hydrogen-bond acceptors (Lipinski definition) is 5. The van der Waals surface area contributed by atoms with Crippen molar-refractivity contribution in [2.24, 2.45) is 0 Å². The van der Waals surface area contributed by atoms with Crippen LogP contribution in [0.3, 0.4) is 0 Å². The van der Waals surface area contributed by atoms with Gasteiger partial charge in [-0.05, 0) is 55.4 Å². The topological polar surface area (TPSA) is 86.6 Å². The highest BCUT2D eigenvalue weighted by molar-refractivity contribution is 7.91. The smallest absolute Gasteiger partial charge is 0.250 e. The van der Waals surface area contributed by atoms with Crippen molar-refractivity contribution in [3.05, 3.63) is 40.2 Å². The second-order valence-corrected chi connectivity index (χ2v) is 9.63. The van der Waals surface area contributed by atoms with Crippen LogP contribution in [0.1, 0.15) is 37.2 Å². The molecule has 2 aromatic rings. The van der Waals surface area contributed by atoms with Crippen molar-refractivity contribution in [3.63, 3.8) is 0 Å². The Kier molecular flexibility index (Phi) is 5.05. The highest BCUT2D eigenvalue weighted by Gasteiger charge is 2.28. The quantitative estimate of drug-likeness (QED) is 0.744. The molecule has 1 fully saturated rings. The minimum atomic E-state index is -3.53. The van der Waals surface area contributed by atoms with Crippen LogP contribution in [-0.2, 0) is 10.0 Å². The average molecular weight is 388 g/mol. The molecule has 1 saturated carbocycles. The molecule has 1 heterocycles. The maximum absolute atomic E-state index is 12.3. The fourth-order valence-corrected chi connectivity index (χ4v) is 5.92. The average Bonchev–Trinajstić information content (AvgIpc) is 2.96. The predicted octanol–water partition coefficient (Wildman–Crippen LogP) is 3.82. The molecular weight excluding hydrogens is 370 g/mol. The first-order chi connectivity index (χ1) is 11.3. The van der Waals surface area contributed by atoms with E-state index in [1.165, 1.54) is 12.1 Å². The summed E-state index contributed by atoms with van der Waals surface area (Å²) in [5.74, 6) is 0.294. The van der Waals surface area contributed by atoms with Crippen LogP contribution in [0, 0.1) is 0 Å². The van der Waals surface area contributed by atoms with E-state index in [9.17, 15) is 18.6 Å². The molecule has 0 atom stereocenters. The molecular formula is C16H18ClNO4S2. The SMILES string of the molecule is O=S(=O)(NC1CCC(c2ccc(O)cc2O)CC1)c1ccc(Cl)s1. The molecule has 0 saturated heterocycles. The Hall–Kier alpha value is -1.28. The van der Waals surface area contributed by atoms with Gasteiger partial charge in [-0.2, -0.15) is 0 Å². The summed E-state index contributed by atoms with van der Waals surface area (Å²) in [5.41, 5.74) is 0.805. The summed E-state index contributed by atoms with van der Waals surface area (Å²) >= 11 is 6.85. The molecule has 1 aliphatic carbocycles. The lowest BCUT2D eigenvalue weighted by Crippen LogP contribution is -2.37. The molecule has 24 heavy (non-hydrogen) atoms. The van der Waals surface area contributed by atoms with Gasteiger partial charge in [-0.15, -0.1) is 11.3 Å². The molecule has 0 amide bonds. The Labute approximate surface area is 150 Å². The third-order valence-electron chi connectivity index (χ3n) is 4.32. The second-order valence-electron chi connectivity index (χ2n) is 5.97. The van der Waals surface area contributed by atoms with E-state index in [1.54, 1.807) is 18.2 Å². The molecule has 1 aromatic heterocycles. The van der Waals surface area contributed by atoms with E-state index in [1.807, 2.05) is 0 Å². The van der Waals surface area contributed by atoms with E-state index in [2.05, 4.69) is 4.72 Å². The van der Waals surface area contributed by atoms with Crippen molar-refractivity contribution < 1.29 is 18.6 Å². The van der Waals surface area contributed by atoms with E-state index < -0.39 is 10.0 Å². The fourth-order valence-electron chi connectivity index (χ4n) is 3.12. The van der Waals surface area contributed by atoms with Crippen LogP contribution < -0.4 is 4.72 Å². The number of phenolic OH excluding ortho intramolecular Hbond substituents is 2. The van der Waals surface area contributed by atoms with Gasteiger partial charge >= 0.3 is 0 Å². The lowest BCUT2D eigenvalue weighted by molar-refractivity contribution is 0.363. The number of thiophene rings is 1. The first-order valence-corrected chi connectivity index (χ1v) is 10.3. The molecule has 5 nitrogen and oxygen atoms in total. The van der Waals surface area contributed by atoms with Crippen molar-refractivity contribution >= 4 is 33.0 Å². The molecule has 1 aliphatic rings. The molecule has 0 unspecified atom stereocenters. The van der Waals surface area contributed by atoms with Crippen molar-refractivity contribution in [1.82, 2.24) is 4.72 Å². The number of halogens is 1. The molecule has 3 N–H and O–H groups in total. The van der Waals surface area contributed by atoms with E-state index in [0.29, 0.717) is 17.2 Å². The lowest BCUT2D eigenvalue weighted by Gasteiger charge is -2.29. The number of hydrogen-bond donors (Lipinski definition) is 3. The van der Waals surface area contributed by atoms with Crippen LogP contribution in [0.25, 0.3) is 0 Å². The van der Waals surface area contributed by atoms with Gasteiger partial charge in [0, 0.05) is 12.1 Å². The summed E-state index contributed by atoms with van der Waals surface area (Å²) in [6, 6.07) is 7.59. The van der Waals surface area contributed by atoms with Gasteiger partial charge < -0.3 is 10.2 Å². The van der Waals surface area contributed by atoms with Crippen LogP contribution in [0.15, 0.2) is 34.5 Å². The van der Waals surface area contributed by atoms with Crippen LogP contribution >= 0.6 is 22.9 Å². The van der Waals surface area contributed by atoms with Crippen LogP contribution in [0.5, 0.6) is 11.5 Å². The summed E-state index contributed by atoms with van der Waals surface area (Å²) in [5, 5.41) is 19.3. The maximum Gasteiger partial charge on any atom is 0.250 e. The zero-order valence-corrected chi connectivity index (χ0v) is 15.2. The fraction of sp³-hybridized carbons (Fsp3) is 0.375. The van der Waals surface area contributed by atoms with Gasteiger partial charge in [0.1, 0.15) is 15.7 Å². The molecule has 8 heteroatoms. The molecule has 130 valence electrons. The van der Waals surface area contributed by atoms with Crippen molar-refractivity contribution in [3.8, 4) is 11.5 Å². The first-order valence-electron chi connectivity index (χ1n) is 7.65. The minimum absolute atomic E-state index is 0.0345. The highest BCUT2D eigenvalue weighted by Crippen LogP contribution is 2.38. The number of benzene rings is 1. The van der Waals surface area contributed by atoms with Crippen LogP contribution in [-0.4, -0.2) is 24.7 Å². The third-order valence-corrected chi connectivity index (χ3v) is 7.56. The lowest BCUT2D eigenvalue weighted by atomic mass is 9.81. The van der Waals surface area contributed by atoms with Gasteiger partial charge in [-0.3, -0.25) is 0 Å². The highest BCUT2D eigenvalue weighted by atomic mass is 35.5. The largest absolute Gasteiger partial charge is 0.508 e. The van der Waals surface area contributed by atoms with Crippen LogP contribution in [0.4, 0.5) is 0 Å². The van der Waals surface area contributed by atoms with Gasteiger partial charge in [-0.25, -0.2) is 13.1 Å². The summed E-state index contributed by atoms with van der Waals surface area (Å²) in [6.07, 6.45) is 2.94. The Morgan fingerprint density at radius 1 is 1.08 bits per heavy atom. The molecule has 3 rings (SSSR count). The van der Waals surface area contributed by atoms with Gasteiger partial charge in [0.25, 0.3) is 0 Å². The van der Waals surface area contributed by atoms with E-state index >= 15 is 0 Å². The Morgan fingerprint density at radius 3 is 2.38 bits per heavy atom. The molecule has 0 aliphatic heterocycles. The molecule has 0 bridgehead atoms. The summed E-state index contributed by atoms with van der Waals surface area (Å²) in [7, 11) is -3.53. The van der Waals surface area contributed by atoms with Gasteiger partial charge in [0.05, 0.1) is 4.34 Å². The number of aromatic hydroxyl groups is 2. The minimum Gasteiger partial charge on any atom is -0.508 e. The van der Waals surface area contributed by atoms with Crippen molar-refractivity contribution in [1.29, 1.82) is 0 Å². The zero-order valence-electron chi connectivity index (χ0n) is 12.8. The number of phenols is 2. The van der Waals surface area contributed by atoms with E-state index in [-0.39, 0.29) is 27.7 Å². The summed E-state index contributed by atoms with van der Waals surface area (Å²) in [6.45, 7) is 0. The van der Waals surface area contributed by atoms with Crippen molar-refractivity contribution in [2.45, 2.75) is 41.9 Å². The molecule has 1 aromatic carbocycles. The van der Waals surface area contributed by atoms with E-state index in [4.69, 9.17) is 11.6 Å². The number of rotatable bonds is 4. The van der Waals surface area contributed by atoms with Gasteiger partial charge in [0.15, 0.2) is 0 Å². The maximum atomic E-state index is 12.3. The summed E-state index contributed by atoms with van der Waals surface area (Å²) in [4.78, 5) is 0. The monoisotopic (exact) mass is 387 g/mol. The summed E-state index contributed by atoms with van der Waals surface area (Å²) < 4.78 is 28.1. The van der Waals surface area contributed by atoms with E-state index in [0.717, 1.165) is 29.7 Å². The normalized spacial score (nSPS) is 21.7. The number of sulfonamides is 1.